The highest BCUT2D eigenvalue weighted by Gasteiger charge is 2.26. The number of hydrogen-bond acceptors (Lipinski definition) is 4. The normalized spacial score (nSPS) is 11.8. The molecule has 0 aromatic heterocycles. The molecular formula is C23H45NO5. The van der Waals surface area contributed by atoms with Crippen LogP contribution >= 0.6 is 0 Å². The summed E-state index contributed by atoms with van der Waals surface area (Å²) in [7, 11) is 0. The number of esters is 1. The van der Waals surface area contributed by atoms with E-state index in [1.165, 1.54) is 0 Å². The predicted molar refractivity (Wildman–Crippen MR) is 120 cm³/mol. The predicted octanol–water partition coefficient (Wildman–Crippen LogP) is 5.22. The number of rotatable bonds is 9. The second-order valence-electron chi connectivity index (χ2n) is 8.64. The van der Waals surface area contributed by atoms with E-state index in [9.17, 15) is 14.4 Å². The number of carbonyl (C=O) groups excluding carboxylic acids is 2. The van der Waals surface area contributed by atoms with Crippen molar-refractivity contribution in [2.75, 3.05) is 6.61 Å². The van der Waals surface area contributed by atoms with Crippen LogP contribution in [0.4, 0.5) is 0 Å². The number of ether oxygens (including phenoxy) is 1. The lowest BCUT2D eigenvalue weighted by molar-refractivity contribution is -0.152. The molecule has 172 valence electrons. The van der Waals surface area contributed by atoms with Crippen LogP contribution in [0.3, 0.4) is 0 Å². The Bertz CT molecular complexity index is 495. The molecule has 6 heteroatoms. The number of amides is 1. The highest BCUT2D eigenvalue weighted by atomic mass is 16.5. The lowest BCUT2D eigenvalue weighted by Gasteiger charge is -2.19. The van der Waals surface area contributed by atoms with Crippen molar-refractivity contribution >= 4 is 17.8 Å². The first-order chi connectivity index (χ1) is 13.1. The Morgan fingerprint density at radius 3 is 1.69 bits per heavy atom. The molecule has 1 amide bonds. The quantitative estimate of drug-likeness (QED) is 0.398. The van der Waals surface area contributed by atoms with E-state index in [0.717, 1.165) is 12.8 Å². The first-order valence-corrected chi connectivity index (χ1v) is 10.4. The third-order valence-corrected chi connectivity index (χ3v) is 4.72. The van der Waals surface area contributed by atoms with Gasteiger partial charge in [-0.1, -0.05) is 40.3 Å². The van der Waals surface area contributed by atoms with Gasteiger partial charge in [0.25, 0.3) is 0 Å². The van der Waals surface area contributed by atoms with Crippen LogP contribution in [0.2, 0.25) is 0 Å². The van der Waals surface area contributed by atoms with Gasteiger partial charge in [0, 0.05) is 12.0 Å². The first-order valence-electron chi connectivity index (χ1n) is 10.4. The molecule has 0 saturated heterocycles. The van der Waals surface area contributed by atoms with Crippen molar-refractivity contribution in [1.82, 2.24) is 5.32 Å². The van der Waals surface area contributed by atoms with Crippen molar-refractivity contribution in [3.8, 4) is 0 Å². The molecule has 0 heterocycles. The Labute approximate surface area is 178 Å². The molecule has 0 aromatic rings. The number of aliphatic carboxylic acids is 1. The van der Waals surface area contributed by atoms with E-state index in [0.29, 0.717) is 13.0 Å². The van der Waals surface area contributed by atoms with E-state index in [1.54, 1.807) is 19.9 Å². The van der Waals surface area contributed by atoms with Gasteiger partial charge in [0.15, 0.2) is 0 Å². The van der Waals surface area contributed by atoms with Gasteiger partial charge < -0.3 is 15.2 Å². The molecule has 0 aliphatic heterocycles. The zero-order valence-electron chi connectivity index (χ0n) is 20.3. The van der Waals surface area contributed by atoms with E-state index < -0.39 is 11.4 Å². The van der Waals surface area contributed by atoms with Crippen LogP contribution in [0, 0.1) is 16.7 Å². The Morgan fingerprint density at radius 2 is 1.45 bits per heavy atom. The van der Waals surface area contributed by atoms with Gasteiger partial charge in [0.1, 0.15) is 6.61 Å². The highest BCUT2D eigenvalue weighted by molar-refractivity contribution is 5.78. The molecule has 1 atom stereocenters. The van der Waals surface area contributed by atoms with Gasteiger partial charge in [-0.25, -0.2) is 0 Å². The molecule has 0 spiro atoms. The molecule has 0 fully saturated rings. The minimum atomic E-state index is -0.722. The van der Waals surface area contributed by atoms with Crippen molar-refractivity contribution in [3.63, 3.8) is 0 Å². The van der Waals surface area contributed by atoms with Gasteiger partial charge in [-0.15, -0.1) is 0 Å². The van der Waals surface area contributed by atoms with E-state index in [1.807, 2.05) is 55.4 Å². The summed E-state index contributed by atoms with van der Waals surface area (Å²) >= 11 is 0. The Hall–Kier alpha value is -1.85. The smallest absolute Gasteiger partial charge is 0.311 e. The number of nitrogens with one attached hydrogen (secondary N) is 1. The summed E-state index contributed by atoms with van der Waals surface area (Å²) in [5.74, 6) is -0.556. The number of carbonyl (C=O) groups is 3. The zero-order valence-corrected chi connectivity index (χ0v) is 20.3. The minimum absolute atomic E-state index is 0.153. The van der Waals surface area contributed by atoms with Gasteiger partial charge in [0.05, 0.1) is 10.8 Å². The first kappa shape index (κ1) is 31.8. The lowest BCUT2D eigenvalue weighted by atomic mass is 9.91. The largest absolute Gasteiger partial charge is 0.481 e. The zero-order chi connectivity index (χ0) is 23.8. The fraction of sp³-hybridized carbons (Fsp3) is 0.783. The number of carboxylic acid groups (broad SMARTS) is 1. The molecule has 0 saturated carbocycles. The van der Waals surface area contributed by atoms with Crippen LogP contribution < -0.4 is 5.32 Å². The standard InChI is InChI=1S/C9H16O2.C8H17NO.C6H12O2/c1-5-7-11-8(10)9(3,4)6-2;1-5-7(4)8(10)9-6(2)3;1-4-6(2,3)5(7)8/h5H,1,6-7H2,2-4H3;6-7H,5H2,1-4H3,(H,9,10);4H2,1-3H3,(H,7,8). The summed E-state index contributed by atoms with van der Waals surface area (Å²) in [6.45, 7) is 22.7. The van der Waals surface area contributed by atoms with Crippen LogP contribution in [0.5, 0.6) is 0 Å². The van der Waals surface area contributed by atoms with Crippen LogP contribution in [0.15, 0.2) is 12.7 Å². The molecule has 0 aromatic carbocycles. The number of carboxylic acids is 1. The fourth-order valence-electron chi connectivity index (χ4n) is 1.24. The summed E-state index contributed by atoms with van der Waals surface area (Å²) in [6.07, 6.45) is 3.97. The van der Waals surface area contributed by atoms with Crippen LogP contribution in [0.1, 0.15) is 88.5 Å². The SMILES string of the molecule is C=CCOC(=O)C(C)(C)CC.CCC(C)(C)C(=O)O.CCC(C)C(=O)NC(C)C. The molecule has 0 aliphatic carbocycles. The number of hydrogen-bond donors (Lipinski definition) is 2. The average molecular weight is 416 g/mol. The maximum atomic E-state index is 11.2. The van der Waals surface area contributed by atoms with Crippen molar-refractivity contribution in [1.29, 1.82) is 0 Å². The molecule has 1 unspecified atom stereocenters. The Balaban J connectivity index is -0.000000354. The Kier molecular flexibility index (Phi) is 17.6. The summed E-state index contributed by atoms with van der Waals surface area (Å²) in [6, 6.07) is 0.265. The summed E-state index contributed by atoms with van der Waals surface area (Å²) in [5, 5.41) is 11.3. The van der Waals surface area contributed by atoms with Gasteiger partial charge in [-0.2, -0.15) is 0 Å². The highest BCUT2D eigenvalue weighted by Crippen LogP contribution is 2.21. The second-order valence-corrected chi connectivity index (χ2v) is 8.64. The molecule has 0 radical (unpaired) electrons. The van der Waals surface area contributed by atoms with Crippen LogP contribution in [0.25, 0.3) is 0 Å². The van der Waals surface area contributed by atoms with Gasteiger partial charge in [0.2, 0.25) is 5.91 Å². The Morgan fingerprint density at radius 1 is 1.00 bits per heavy atom. The van der Waals surface area contributed by atoms with E-state index in [4.69, 9.17) is 9.84 Å². The van der Waals surface area contributed by atoms with E-state index in [2.05, 4.69) is 11.9 Å². The van der Waals surface area contributed by atoms with Crippen molar-refractivity contribution in [2.45, 2.75) is 94.5 Å². The molecule has 29 heavy (non-hydrogen) atoms. The molecule has 6 nitrogen and oxygen atoms in total. The maximum absolute atomic E-state index is 11.2. The topological polar surface area (TPSA) is 92.7 Å². The lowest BCUT2D eigenvalue weighted by Crippen LogP contribution is -2.34. The maximum Gasteiger partial charge on any atom is 0.311 e. The summed E-state index contributed by atoms with van der Waals surface area (Å²) in [4.78, 5) is 32.5. The molecule has 2 N–H and O–H groups in total. The van der Waals surface area contributed by atoms with Crippen molar-refractivity contribution in [2.24, 2.45) is 16.7 Å². The van der Waals surface area contributed by atoms with Gasteiger partial charge in [-0.05, 0) is 60.8 Å². The van der Waals surface area contributed by atoms with Gasteiger partial charge in [-0.3, -0.25) is 14.4 Å². The van der Waals surface area contributed by atoms with Crippen LogP contribution in [-0.4, -0.2) is 35.6 Å². The minimum Gasteiger partial charge on any atom is -0.481 e. The molecule has 0 rings (SSSR count). The third kappa shape index (κ3) is 16.8. The molecule has 0 aliphatic rings. The molecular weight excluding hydrogens is 370 g/mol. The van der Waals surface area contributed by atoms with E-state index in [-0.39, 0.29) is 29.3 Å². The van der Waals surface area contributed by atoms with Crippen molar-refractivity contribution < 1.29 is 24.2 Å². The van der Waals surface area contributed by atoms with Gasteiger partial charge >= 0.3 is 11.9 Å². The third-order valence-electron chi connectivity index (χ3n) is 4.72. The fourth-order valence-corrected chi connectivity index (χ4v) is 1.24. The summed E-state index contributed by atoms with van der Waals surface area (Å²) in [5.41, 5.74) is -0.900. The van der Waals surface area contributed by atoms with E-state index >= 15 is 0 Å². The molecule has 0 bridgehead atoms. The summed E-state index contributed by atoms with van der Waals surface area (Å²) < 4.78 is 4.89. The monoisotopic (exact) mass is 415 g/mol. The average Bonchev–Trinajstić information content (AvgIpc) is 2.65. The van der Waals surface area contributed by atoms with Crippen LogP contribution in [-0.2, 0) is 19.1 Å². The van der Waals surface area contributed by atoms with Crippen molar-refractivity contribution in [3.05, 3.63) is 12.7 Å². The second kappa shape index (κ2) is 16.0.